The van der Waals surface area contributed by atoms with Gasteiger partial charge in [0.25, 0.3) is 0 Å². The molecule has 0 aliphatic carbocycles. The maximum absolute atomic E-state index is 11.5. The standard InChI is InChI=1S/C12H20N4O2S/c1-3-5-14-11-7-13-8-12(15-11)16(2)10-4-6-19(17,18)9-10/h7-8,10H,3-6,9H2,1-2H3,(H,14,15). The van der Waals surface area contributed by atoms with Crippen molar-refractivity contribution in [2.75, 3.05) is 35.3 Å². The number of hydrogen-bond acceptors (Lipinski definition) is 6. The number of hydrogen-bond donors (Lipinski definition) is 1. The number of nitrogens with zero attached hydrogens (tertiary/aromatic N) is 3. The third kappa shape index (κ3) is 3.56. The molecule has 0 radical (unpaired) electrons. The number of nitrogens with one attached hydrogen (secondary N) is 1. The quantitative estimate of drug-likeness (QED) is 0.866. The Morgan fingerprint density at radius 1 is 1.47 bits per heavy atom. The van der Waals surface area contributed by atoms with Crippen molar-refractivity contribution in [2.24, 2.45) is 0 Å². The van der Waals surface area contributed by atoms with Crippen molar-refractivity contribution in [1.29, 1.82) is 0 Å². The van der Waals surface area contributed by atoms with Crippen LogP contribution in [0.25, 0.3) is 0 Å². The summed E-state index contributed by atoms with van der Waals surface area (Å²) in [7, 11) is -1.00. The lowest BCUT2D eigenvalue weighted by Gasteiger charge is -2.24. The fourth-order valence-corrected chi connectivity index (χ4v) is 3.91. The summed E-state index contributed by atoms with van der Waals surface area (Å²) >= 11 is 0. The zero-order valence-corrected chi connectivity index (χ0v) is 12.2. The summed E-state index contributed by atoms with van der Waals surface area (Å²) in [6, 6.07) is 0.000671. The van der Waals surface area contributed by atoms with Gasteiger partial charge in [0.1, 0.15) is 11.6 Å². The Balaban J connectivity index is 2.08. The van der Waals surface area contributed by atoms with Crippen molar-refractivity contribution in [2.45, 2.75) is 25.8 Å². The first-order valence-electron chi connectivity index (χ1n) is 6.51. The maximum Gasteiger partial charge on any atom is 0.152 e. The van der Waals surface area contributed by atoms with Gasteiger partial charge in [0, 0.05) is 19.6 Å². The van der Waals surface area contributed by atoms with Crippen molar-refractivity contribution >= 4 is 21.5 Å². The van der Waals surface area contributed by atoms with E-state index in [1.54, 1.807) is 12.4 Å². The van der Waals surface area contributed by atoms with Crippen LogP contribution in [0.5, 0.6) is 0 Å². The third-order valence-corrected chi connectivity index (χ3v) is 5.05. The molecule has 1 N–H and O–H groups in total. The van der Waals surface area contributed by atoms with Crippen LogP contribution in [0.3, 0.4) is 0 Å². The lowest BCUT2D eigenvalue weighted by Crippen LogP contribution is -2.33. The van der Waals surface area contributed by atoms with E-state index in [4.69, 9.17) is 0 Å². The first-order valence-corrected chi connectivity index (χ1v) is 8.33. The zero-order valence-electron chi connectivity index (χ0n) is 11.3. The van der Waals surface area contributed by atoms with Crippen LogP contribution in [-0.2, 0) is 9.84 Å². The van der Waals surface area contributed by atoms with E-state index >= 15 is 0 Å². The average molecular weight is 284 g/mol. The molecule has 1 aliphatic heterocycles. The largest absolute Gasteiger partial charge is 0.369 e. The Morgan fingerprint density at radius 2 is 2.26 bits per heavy atom. The van der Waals surface area contributed by atoms with Crippen LogP contribution in [0.4, 0.5) is 11.6 Å². The lowest BCUT2D eigenvalue weighted by atomic mass is 10.2. The third-order valence-electron chi connectivity index (χ3n) is 3.30. The highest BCUT2D eigenvalue weighted by Crippen LogP contribution is 2.21. The average Bonchev–Trinajstić information content (AvgIpc) is 2.76. The number of rotatable bonds is 5. The Bertz CT molecular complexity index is 532. The minimum Gasteiger partial charge on any atom is -0.369 e. The second kappa shape index (κ2) is 5.73. The van der Waals surface area contributed by atoms with Crippen LogP contribution in [0.1, 0.15) is 19.8 Å². The summed E-state index contributed by atoms with van der Waals surface area (Å²) in [5.74, 6) is 1.91. The summed E-state index contributed by atoms with van der Waals surface area (Å²) in [4.78, 5) is 10.5. The Hall–Kier alpha value is -1.37. The van der Waals surface area contributed by atoms with Gasteiger partial charge in [-0.3, -0.25) is 4.98 Å². The Kier molecular flexibility index (Phi) is 4.24. The minimum atomic E-state index is -2.88. The molecule has 0 spiro atoms. The maximum atomic E-state index is 11.5. The predicted molar refractivity (Wildman–Crippen MR) is 76.3 cm³/mol. The SMILES string of the molecule is CCCNc1cncc(N(C)C2CCS(=O)(=O)C2)n1. The normalized spacial score (nSPS) is 21.3. The van der Waals surface area contributed by atoms with Crippen molar-refractivity contribution in [3.8, 4) is 0 Å². The smallest absolute Gasteiger partial charge is 0.152 e. The summed E-state index contributed by atoms with van der Waals surface area (Å²) in [6.07, 6.45) is 5.02. The molecule has 7 heteroatoms. The molecule has 19 heavy (non-hydrogen) atoms. The molecule has 1 aromatic rings. The topological polar surface area (TPSA) is 75.2 Å². The summed E-state index contributed by atoms with van der Waals surface area (Å²) in [6.45, 7) is 2.93. The molecule has 6 nitrogen and oxygen atoms in total. The minimum absolute atomic E-state index is 0.000671. The molecule has 106 valence electrons. The second-order valence-corrected chi connectivity index (χ2v) is 7.09. The van der Waals surface area contributed by atoms with Crippen molar-refractivity contribution in [1.82, 2.24) is 9.97 Å². The summed E-state index contributed by atoms with van der Waals surface area (Å²) < 4.78 is 23.0. The number of aromatic nitrogens is 2. The number of anilines is 2. The van der Waals surface area contributed by atoms with Crippen molar-refractivity contribution in [3.05, 3.63) is 12.4 Å². The molecule has 1 fully saturated rings. The van der Waals surface area contributed by atoms with E-state index < -0.39 is 9.84 Å². The number of sulfone groups is 1. The molecule has 1 aromatic heterocycles. The van der Waals surface area contributed by atoms with Crippen LogP contribution in [0.15, 0.2) is 12.4 Å². The summed E-state index contributed by atoms with van der Waals surface area (Å²) in [5, 5.41) is 3.18. The molecular formula is C12H20N4O2S. The highest BCUT2D eigenvalue weighted by molar-refractivity contribution is 7.91. The zero-order chi connectivity index (χ0) is 13.9. The van der Waals surface area contributed by atoms with E-state index in [-0.39, 0.29) is 17.5 Å². The molecule has 2 heterocycles. The molecule has 0 saturated carbocycles. The summed E-state index contributed by atoms with van der Waals surface area (Å²) in [5.41, 5.74) is 0. The molecule has 2 rings (SSSR count). The molecule has 1 unspecified atom stereocenters. The monoisotopic (exact) mass is 284 g/mol. The fourth-order valence-electron chi connectivity index (χ4n) is 2.13. The van der Waals surface area contributed by atoms with Gasteiger partial charge in [-0.05, 0) is 12.8 Å². The van der Waals surface area contributed by atoms with E-state index in [9.17, 15) is 8.42 Å². The van der Waals surface area contributed by atoms with E-state index in [0.29, 0.717) is 12.2 Å². The Morgan fingerprint density at radius 3 is 2.89 bits per heavy atom. The van der Waals surface area contributed by atoms with Gasteiger partial charge in [-0.2, -0.15) is 0 Å². The van der Waals surface area contributed by atoms with E-state index in [1.807, 2.05) is 11.9 Å². The van der Waals surface area contributed by atoms with E-state index in [1.165, 1.54) is 0 Å². The molecule has 0 amide bonds. The van der Waals surface area contributed by atoms with E-state index in [0.717, 1.165) is 18.8 Å². The molecule has 1 aliphatic rings. The van der Waals surface area contributed by atoms with Gasteiger partial charge in [0.2, 0.25) is 0 Å². The van der Waals surface area contributed by atoms with Gasteiger partial charge in [0.05, 0.1) is 23.9 Å². The predicted octanol–water partition coefficient (Wildman–Crippen LogP) is 0.922. The van der Waals surface area contributed by atoms with Gasteiger partial charge in [0.15, 0.2) is 9.84 Å². The van der Waals surface area contributed by atoms with E-state index in [2.05, 4.69) is 22.2 Å². The Labute approximate surface area is 114 Å². The fraction of sp³-hybridized carbons (Fsp3) is 0.667. The van der Waals surface area contributed by atoms with Crippen LogP contribution >= 0.6 is 0 Å². The molecule has 0 bridgehead atoms. The molecule has 1 atom stereocenters. The van der Waals surface area contributed by atoms with Crippen molar-refractivity contribution < 1.29 is 8.42 Å². The van der Waals surface area contributed by atoms with Gasteiger partial charge < -0.3 is 10.2 Å². The van der Waals surface area contributed by atoms with Crippen LogP contribution in [-0.4, -0.2) is 49.5 Å². The van der Waals surface area contributed by atoms with Crippen LogP contribution in [0.2, 0.25) is 0 Å². The highest BCUT2D eigenvalue weighted by Gasteiger charge is 2.31. The lowest BCUT2D eigenvalue weighted by molar-refractivity contribution is 0.600. The van der Waals surface area contributed by atoms with Gasteiger partial charge in [-0.1, -0.05) is 6.92 Å². The highest BCUT2D eigenvalue weighted by atomic mass is 32.2. The van der Waals surface area contributed by atoms with Crippen LogP contribution < -0.4 is 10.2 Å². The van der Waals surface area contributed by atoms with Gasteiger partial charge >= 0.3 is 0 Å². The van der Waals surface area contributed by atoms with Crippen molar-refractivity contribution in [3.63, 3.8) is 0 Å². The van der Waals surface area contributed by atoms with Crippen LogP contribution in [0, 0.1) is 0 Å². The molecule has 0 aromatic carbocycles. The first-order chi connectivity index (χ1) is 9.02. The molecule has 1 saturated heterocycles. The molecular weight excluding hydrogens is 264 g/mol. The van der Waals surface area contributed by atoms with Gasteiger partial charge in [-0.25, -0.2) is 13.4 Å². The first kappa shape index (κ1) is 14.0. The van der Waals surface area contributed by atoms with Gasteiger partial charge in [-0.15, -0.1) is 0 Å². The second-order valence-electron chi connectivity index (χ2n) is 4.86.